The van der Waals surface area contributed by atoms with E-state index in [-0.39, 0.29) is 0 Å². The van der Waals surface area contributed by atoms with Gasteiger partial charge in [-0.25, -0.2) is 4.79 Å². The van der Waals surface area contributed by atoms with E-state index in [4.69, 9.17) is 14.4 Å². The van der Waals surface area contributed by atoms with Gasteiger partial charge in [-0.3, -0.25) is 0 Å². The van der Waals surface area contributed by atoms with Gasteiger partial charge in [-0.05, 0) is 0 Å². The summed E-state index contributed by atoms with van der Waals surface area (Å²) in [7, 11) is -4.66. The van der Waals surface area contributed by atoms with Gasteiger partial charge in [0.15, 0.2) is 0 Å². The summed E-state index contributed by atoms with van der Waals surface area (Å²) in [5.74, 6) is -0.871. The molecule has 9 heavy (non-hydrogen) atoms. The fraction of sp³-hybridized carbons (Fsp3) is 0.500. The first-order chi connectivity index (χ1) is 3.92. The van der Waals surface area contributed by atoms with Gasteiger partial charge in [-0.15, -0.1) is 4.58 Å². The zero-order valence-electron chi connectivity index (χ0n) is 4.57. The minimum atomic E-state index is -4.66. The first kappa shape index (κ1) is 8.53. The highest BCUT2D eigenvalue weighted by Crippen LogP contribution is 1.89. The zero-order valence-corrected chi connectivity index (χ0v) is 5.57. The lowest BCUT2D eigenvalue weighted by atomic mass is 10.9. The normalized spacial score (nSPS) is 11.1. The first-order valence-corrected chi connectivity index (χ1v) is 3.70. The molecule has 3 N–H and O–H groups in total. The Bertz CT molecular complexity index is 104. The molecule has 0 rings (SSSR count). The molecule has 0 unspecified atom stereocenters. The Hall–Kier alpha value is -0.473. The maximum Gasteiger partial charge on any atom is 0.709 e. The lowest BCUT2D eigenvalue weighted by molar-refractivity contribution is -0.246. The molecule has 0 aromatic rings. The van der Waals surface area contributed by atoms with Crippen LogP contribution >= 0.6 is 0 Å². The summed E-state index contributed by atoms with van der Waals surface area (Å²) < 4.78 is 3.45. The van der Waals surface area contributed by atoms with E-state index >= 15 is 0 Å². The van der Waals surface area contributed by atoms with Crippen LogP contribution in [0, 0.1) is 0 Å². The summed E-state index contributed by atoms with van der Waals surface area (Å²) in [6, 6.07) is 0. The van der Waals surface area contributed by atoms with Crippen molar-refractivity contribution in [2.45, 2.75) is 6.92 Å². The van der Waals surface area contributed by atoms with Crippen LogP contribution in [0.5, 0.6) is 0 Å². The van der Waals surface area contributed by atoms with E-state index in [1.54, 1.807) is 0 Å². The number of carbonyl (C=O) groups excluding carboxylic acids is 1. The minimum Gasteiger partial charge on any atom is -0.366 e. The third-order valence-corrected chi connectivity index (χ3v) is 0.578. The molecule has 0 bridgehead atoms. The Balaban J connectivity index is 3.39. The molecule has 0 aromatic carbocycles. The number of hydrogen-bond acceptors (Lipinski definition) is 6. The van der Waals surface area contributed by atoms with Gasteiger partial charge in [0.1, 0.15) is 0 Å². The fourth-order valence-electron chi connectivity index (χ4n) is 0.115. The van der Waals surface area contributed by atoms with E-state index < -0.39 is 15.0 Å². The van der Waals surface area contributed by atoms with Crippen LogP contribution in [0.25, 0.3) is 0 Å². The van der Waals surface area contributed by atoms with Crippen LogP contribution in [-0.2, 0) is 14.3 Å². The van der Waals surface area contributed by atoms with Crippen LogP contribution < -0.4 is 0 Å². The van der Waals surface area contributed by atoms with Crippen molar-refractivity contribution in [2.75, 3.05) is 0 Å². The van der Waals surface area contributed by atoms with Crippen LogP contribution in [0.1, 0.15) is 6.92 Å². The fourth-order valence-corrected chi connectivity index (χ4v) is 0.344. The van der Waals surface area contributed by atoms with Gasteiger partial charge in [-0.2, -0.15) is 0 Å². The third kappa shape index (κ3) is 7.53. The van der Waals surface area contributed by atoms with Crippen LogP contribution in [0.2, 0.25) is 0 Å². The van der Waals surface area contributed by atoms with Crippen molar-refractivity contribution in [1.82, 2.24) is 0 Å². The van der Waals surface area contributed by atoms with Gasteiger partial charge in [0, 0.05) is 6.92 Å². The monoisotopic (exact) mass is 154 g/mol. The molecule has 0 aliphatic carbocycles. The standard InChI is InChI=1S/C2H6O6Si/c1-2(3)7-8-9(4,5)6/h4-6H,1H3. The van der Waals surface area contributed by atoms with Crippen LogP contribution in [-0.4, -0.2) is 29.4 Å². The number of hydrogen-bond donors (Lipinski definition) is 3. The van der Waals surface area contributed by atoms with Gasteiger partial charge in [-0.1, -0.05) is 0 Å². The van der Waals surface area contributed by atoms with Crippen molar-refractivity contribution < 1.29 is 28.6 Å². The Labute approximate surface area is 51.7 Å². The average molecular weight is 154 g/mol. The summed E-state index contributed by atoms with van der Waals surface area (Å²) >= 11 is 0. The van der Waals surface area contributed by atoms with E-state index in [2.05, 4.69) is 9.46 Å². The SMILES string of the molecule is CC(=O)OO[Si](O)(O)O. The predicted molar refractivity (Wildman–Crippen MR) is 25.3 cm³/mol. The van der Waals surface area contributed by atoms with Gasteiger partial charge >= 0.3 is 15.0 Å². The molecule has 0 amide bonds. The van der Waals surface area contributed by atoms with Gasteiger partial charge in [0.2, 0.25) is 0 Å². The molecule has 6 nitrogen and oxygen atoms in total. The molecule has 0 heterocycles. The van der Waals surface area contributed by atoms with Crippen molar-refractivity contribution in [1.29, 1.82) is 0 Å². The lowest BCUT2D eigenvalue weighted by Crippen LogP contribution is -2.39. The van der Waals surface area contributed by atoms with Crippen molar-refractivity contribution in [2.24, 2.45) is 0 Å². The second-order valence-corrected chi connectivity index (χ2v) is 2.55. The molecule has 0 radical (unpaired) electrons. The molecule has 0 fully saturated rings. The Morgan fingerprint density at radius 2 is 1.89 bits per heavy atom. The second kappa shape index (κ2) is 2.89. The summed E-state index contributed by atoms with van der Waals surface area (Å²) in [5, 5.41) is 0. The highest BCUT2D eigenvalue weighted by molar-refractivity contribution is 6.48. The maximum atomic E-state index is 9.83. The average Bonchev–Trinajstić information content (AvgIpc) is 1.59. The third-order valence-electron chi connectivity index (χ3n) is 0.271. The van der Waals surface area contributed by atoms with E-state index in [1.165, 1.54) is 0 Å². The Morgan fingerprint density at radius 3 is 2.00 bits per heavy atom. The summed E-state index contributed by atoms with van der Waals surface area (Å²) in [6.45, 7) is 0.986. The van der Waals surface area contributed by atoms with Gasteiger partial charge in [0.25, 0.3) is 0 Å². The Kier molecular flexibility index (Phi) is 2.74. The van der Waals surface area contributed by atoms with Crippen molar-refractivity contribution >= 4 is 15.0 Å². The summed E-state index contributed by atoms with van der Waals surface area (Å²) in [5.41, 5.74) is 0. The van der Waals surface area contributed by atoms with Gasteiger partial charge < -0.3 is 19.3 Å². The maximum absolute atomic E-state index is 9.83. The largest absolute Gasteiger partial charge is 0.709 e. The topological polar surface area (TPSA) is 96.2 Å². The molecular weight excluding hydrogens is 148 g/mol. The van der Waals surface area contributed by atoms with E-state index in [0.717, 1.165) is 6.92 Å². The van der Waals surface area contributed by atoms with E-state index in [9.17, 15) is 4.79 Å². The molecule has 0 spiro atoms. The second-order valence-electron chi connectivity index (χ2n) is 1.23. The quantitative estimate of drug-likeness (QED) is 0.239. The highest BCUT2D eigenvalue weighted by atomic mass is 28.4. The van der Waals surface area contributed by atoms with Crippen molar-refractivity contribution in [3.05, 3.63) is 0 Å². The first-order valence-electron chi connectivity index (χ1n) is 1.95. The summed E-state index contributed by atoms with van der Waals surface area (Å²) in [6.07, 6.45) is 0. The molecule has 0 saturated heterocycles. The number of carbonyl (C=O) groups is 1. The summed E-state index contributed by atoms with van der Waals surface area (Å²) in [4.78, 5) is 37.5. The molecule has 7 heteroatoms. The lowest BCUT2D eigenvalue weighted by Gasteiger charge is -2.05. The zero-order chi connectivity index (χ0) is 7.49. The molecule has 0 aliphatic heterocycles. The molecular formula is C2H6O6Si. The Morgan fingerprint density at radius 1 is 1.44 bits per heavy atom. The number of rotatable bonds is 2. The van der Waals surface area contributed by atoms with E-state index in [0.29, 0.717) is 0 Å². The van der Waals surface area contributed by atoms with Crippen LogP contribution in [0.15, 0.2) is 0 Å². The van der Waals surface area contributed by atoms with E-state index in [1.807, 2.05) is 0 Å². The molecule has 54 valence electrons. The van der Waals surface area contributed by atoms with Crippen LogP contribution in [0.3, 0.4) is 0 Å². The predicted octanol–water partition coefficient (Wildman–Crippen LogP) is -2.11. The highest BCUT2D eigenvalue weighted by Gasteiger charge is 2.34. The van der Waals surface area contributed by atoms with Crippen molar-refractivity contribution in [3.63, 3.8) is 0 Å². The molecule has 0 atom stereocenters. The van der Waals surface area contributed by atoms with Crippen molar-refractivity contribution in [3.8, 4) is 0 Å². The molecule has 0 aliphatic rings. The minimum absolute atomic E-state index is 0.871. The molecule has 0 aromatic heterocycles. The van der Waals surface area contributed by atoms with Gasteiger partial charge in [0.05, 0.1) is 0 Å². The molecule has 0 saturated carbocycles. The van der Waals surface area contributed by atoms with Crippen LogP contribution in [0.4, 0.5) is 0 Å². The smallest absolute Gasteiger partial charge is 0.366 e.